The molecule has 0 amide bonds. The third kappa shape index (κ3) is 6.52. The second-order valence-corrected chi connectivity index (χ2v) is 9.85. The first-order valence-electron chi connectivity index (χ1n) is 11.4. The lowest BCUT2D eigenvalue weighted by molar-refractivity contribution is 0.130. The second kappa shape index (κ2) is 11.8. The summed E-state index contributed by atoms with van der Waals surface area (Å²) in [6.45, 7) is 6.49. The van der Waals surface area contributed by atoms with Crippen LogP contribution in [0.4, 0.5) is 0 Å². The van der Waals surface area contributed by atoms with E-state index < -0.39 is 6.10 Å². The molecule has 1 aliphatic rings. The van der Waals surface area contributed by atoms with E-state index in [4.69, 9.17) is 11.6 Å². The fourth-order valence-corrected chi connectivity index (χ4v) is 5.65. The number of aromatic nitrogens is 1. The molecule has 3 atom stereocenters. The van der Waals surface area contributed by atoms with Crippen molar-refractivity contribution in [1.82, 2.24) is 14.9 Å². The van der Waals surface area contributed by atoms with Gasteiger partial charge in [-0.1, -0.05) is 13.0 Å². The molecule has 176 valence electrons. The number of aliphatic hydroxyl groups excluding tert-OH is 2. The molecule has 32 heavy (non-hydrogen) atoms. The summed E-state index contributed by atoms with van der Waals surface area (Å²) in [7, 11) is 0. The summed E-state index contributed by atoms with van der Waals surface area (Å²) in [4.78, 5) is 9.31. The summed E-state index contributed by atoms with van der Waals surface area (Å²) in [5.74, 6) is 6.59. The van der Waals surface area contributed by atoms with E-state index in [0.29, 0.717) is 29.9 Å². The first kappa shape index (κ1) is 24.7. The molecule has 0 saturated carbocycles. The number of likely N-dealkylation sites (tertiary alicyclic amines) is 1. The topological polar surface area (TPSA) is 112 Å². The highest BCUT2D eigenvalue weighted by atomic mass is 32.1. The first-order valence-corrected chi connectivity index (χ1v) is 12.3. The Hall–Kier alpha value is -1.97. The average Bonchev–Trinajstić information content (AvgIpc) is 3.19. The monoisotopic (exact) mass is 459 g/mol. The molecular formula is C24H37N5O2S. The minimum atomic E-state index is -0.772. The molecular weight excluding hydrogens is 422 g/mol. The van der Waals surface area contributed by atoms with Crippen molar-refractivity contribution in [2.45, 2.75) is 57.6 Å². The molecule has 0 aromatic carbocycles. The summed E-state index contributed by atoms with van der Waals surface area (Å²) in [6.07, 6.45) is 6.55. The van der Waals surface area contributed by atoms with Gasteiger partial charge in [0.2, 0.25) is 0 Å². The van der Waals surface area contributed by atoms with Gasteiger partial charge in [-0.05, 0) is 62.4 Å². The van der Waals surface area contributed by atoms with Crippen LogP contribution in [0, 0.1) is 0 Å². The normalized spacial score (nSPS) is 21.0. The van der Waals surface area contributed by atoms with Crippen molar-refractivity contribution in [2.75, 3.05) is 26.2 Å². The summed E-state index contributed by atoms with van der Waals surface area (Å²) < 4.78 is 0. The first-order chi connectivity index (χ1) is 15.4. The molecule has 1 saturated heterocycles. The smallest absolute Gasteiger partial charge is 0.115 e. The van der Waals surface area contributed by atoms with Crippen molar-refractivity contribution in [3.05, 3.63) is 63.4 Å². The number of hydrogen-bond acceptors (Lipinski definition) is 8. The molecule has 8 heteroatoms. The Bertz CT molecular complexity index is 873. The average molecular weight is 460 g/mol. The van der Waals surface area contributed by atoms with Gasteiger partial charge >= 0.3 is 0 Å². The zero-order chi connectivity index (χ0) is 23.1. The molecule has 0 bridgehead atoms. The number of thiophene rings is 1. The van der Waals surface area contributed by atoms with Crippen LogP contribution in [0.5, 0.6) is 0 Å². The van der Waals surface area contributed by atoms with E-state index in [9.17, 15) is 10.2 Å². The van der Waals surface area contributed by atoms with Gasteiger partial charge in [0.1, 0.15) is 6.10 Å². The summed E-state index contributed by atoms with van der Waals surface area (Å²) in [5.41, 5.74) is 8.99. The third-order valence-electron chi connectivity index (χ3n) is 6.16. The van der Waals surface area contributed by atoms with E-state index in [1.807, 2.05) is 23.5 Å². The van der Waals surface area contributed by atoms with Crippen LogP contribution in [-0.2, 0) is 12.8 Å². The molecule has 2 aromatic heterocycles. The van der Waals surface area contributed by atoms with Gasteiger partial charge in [0.15, 0.2) is 0 Å². The third-order valence-corrected chi connectivity index (χ3v) is 7.52. The van der Waals surface area contributed by atoms with Gasteiger partial charge in [0, 0.05) is 53.5 Å². The quantitative estimate of drug-likeness (QED) is 0.319. The minimum absolute atomic E-state index is 0.205. The van der Waals surface area contributed by atoms with Crippen LogP contribution in [0.2, 0.25) is 0 Å². The Morgan fingerprint density at radius 2 is 2.25 bits per heavy atom. The maximum Gasteiger partial charge on any atom is 0.115 e. The maximum absolute atomic E-state index is 10.3. The van der Waals surface area contributed by atoms with Crippen molar-refractivity contribution in [2.24, 2.45) is 11.6 Å². The number of rotatable bonds is 10. The zero-order valence-corrected chi connectivity index (χ0v) is 20.0. The predicted molar refractivity (Wildman–Crippen MR) is 130 cm³/mol. The Morgan fingerprint density at radius 1 is 1.44 bits per heavy atom. The maximum atomic E-state index is 10.3. The standard InChI is InChI=1S/C24H37N5O2S/c1-3-20-13-21(24(32-20)8-11-30)18-7-10-28(17(2)12-18)14-19(25)15-29(26)16-23(31)22-6-4-5-9-27-22/h4-6,9,13,15,17-18,23,30-31H,3,7-8,10-12,14,16,25-26H2,1-2H3/b19-15-. The molecule has 1 fully saturated rings. The van der Waals surface area contributed by atoms with E-state index in [1.165, 1.54) is 20.3 Å². The van der Waals surface area contributed by atoms with Gasteiger partial charge in [-0.3, -0.25) is 9.88 Å². The van der Waals surface area contributed by atoms with Crippen molar-refractivity contribution < 1.29 is 10.2 Å². The summed E-state index contributed by atoms with van der Waals surface area (Å²) >= 11 is 1.85. The van der Waals surface area contributed by atoms with Gasteiger partial charge in [-0.2, -0.15) is 0 Å². The highest BCUT2D eigenvalue weighted by Crippen LogP contribution is 2.37. The molecule has 3 unspecified atom stereocenters. The minimum Gasteiger partial charge on any atom is -0.400 e. The van der Waals surface area contributed by atoms with Crippen molar-refractivity contribution >= 4 is 11.3 Å². The van der Waals surface area contributed by atoms with Gasteiger partial charge in [-0.25, -0.2) is 5.84 Å². The lowest BCUT2D eigenvalue weighted by Crippen LogP contribution is -2.42. The number of pyridine rings is 1. The second-order valence-electron chi connectivity index (χ2n) is 8.63. The molecule has 1 aliphatic heterocycles. The highest BCUT2D eigenvalue weighted by molar-refractivity contribution is 7.12. The molecule has 0 aliphatic carbocycles. The van der Waals surface area contributed by atoms with Crippen LogP contribution in [0.3, 0.4) is 0 Å². The Labute approximate surface area is 195 Å². The number of nitrogens with zero attached hydrogens (tertiary/aromatic N) is 3. The Kier molecular flexibility index (Phi) is 9.07. The van der Waals surface area contributed by atoms with Gasteiger partial charge in [-0.15, -0.1) is 11.3 Å². The predicted octanol–water partition coefficient (Wildman–Crippen LogP) is 2.52. The largest absolute Gasteiger partial charge is 0.400 e. The molecule has 6 N–H and O–H groups in total. The van der Waals surface area contributed by atoms with Gasteiger partial charge in [0.25, 0.3) is 0 Å². The van der Waals surface area contributed by atoms with Crippen LogP contribution in [-0.4, -0.2) is 57.4 Å². The number of aliphatic hydroxyl groups is 2. The molecule has 3 heterocycles. The number of aryl methyl sites for hydroxylation is 1. The zero-order valence-electron chi connectivity index (χ0n) is 19.2. The summed E-state index contributed by atoms with van der Waals surface area (Å²) in [6, 6.07) is 8.19. The van der Waals surface area contributed by atoms with E-state index in [1.54, 1.807) is 18.5 Å². The van der Waals surface area contributed by atoms with Crippen molar-refractivity contribution in [3.8, 4) is 0 Å². The lowest BCUT2D eigenvalue weighted by Gasteiger charge is -2.38. The number of hydrazine groups is 1. The molecule has 0 spiro atoms. The van der Waals surface area contributed by atoms with Crippen LogP contribution in [0.25, 0.3) is 0 Å². The SMILES string of the molecule is CCc1cc(C2CCN(C/C(N)=C/N(N)CC(O)c3ccccn3)C(C)C2)c(CCO)s1. The van der Waals surface area contributed by atoms with E-state index in [0.717, 1.165) is 32.2 Å². The Morgan fingerprint density at radius 3 is 2.91 bits per heavy atom. The van der Waals surface area contributed by atoms with Crippen LogP contribution >= 0.6 is 11.3 Å². The van der Waals surface area contributed by atoms with Crippen LogP contribution in [0.1, 0.15) is 59.7 Å². The highest BCUT2D eigenvalue weighted by Gasteiger charge is 2.29. The molecule has 2 aromatic rings. The molecule has 7 nitrogen and oxygen atoms in total. The fraction of sp³-hybridized carbons (Fsp3) is 0.542. The number of piperidine rings is 1. The van der Waals surface area contributed by atoms with Crippen molar-refractivity contribution in [3.63, 3.8) is 0 Å². The van der Waals surface area contributed by atoms with E-state index >= 15 is 0 Å². The molecule has 3 rings (SSSR count). The van der Waals surface area contributed by atoms with E-state index in [2.05, 4.69) is 29.8 Å². The van der Waals surface area contributed by atoms with Gasteiger partial charge in [0.05, 0.1) is 12.2 Å². The van der Waals surface area contributed by atoms with Gasteiger partial charge < -0.3 is 21.0 Å². The Balaban J connectivity index is 1.55. The van der Waals surface area contributed by atoms with Crippen LogP contribution < -0.4 is 11.6 Å². The van der Waals surface area contributed by atoms with Crippen molar-refractivity contribution in [1.29, 1.82) is 0 Å². The summed E-state index contributed by atoms with van der Waals surface area (Å²) in [5, 5.41) is 21.2. The fourth-order valence-electron chi connectivity index (χ4n) is 4.46. The van der Waals surface area contributed by atoms with E-state index in [-0.39, 0.29) is 13.2 Å². The number of nitrogens with two attached hydrogens (primary N) is 2. The molecule has 0 radical (unpaired) electrons. The number of hydrogen-bond donors (Lipinski definition) is 4. The lowest BCUT2D eigenvalue weighted by atomic mass is 9.85. The van der Waals surface area contributed by atoms with Crippen LogP contribution in [0.15, 0.2) is 42.4 Å².